The molecule has 150 valence electrons. The zero-order valence-corrected chi connectivity index (χ0v) is 17.6. The van der Waals surface area contributed by atoms with E-state index < -0.39 is 0 Å². The van der Waals surface area contributed by atoms with E-state index >= 15 is 0 Å². The number of hydrogen-bond donors (Lipinski definition) is 2. The van der Waals surface area contributed by atoms with Crippen LogP contribution < -0.4 is 5.32 Å². The molecule has 0 saturated heterocycles. The highest BCUT2D eigenvalue weighted by atomic mass is 15.0. The van der Waals surface area contributed by atoms with E-state index in [9.17, 15) is 0 Å². The van der Waals surface area contributed by atoms with Crippen molar-refractivity contribution in [2.24, 2.45) is 10.9 Å². The Kier molecular flexibility index (Phi) is 4.47. The zero-order chi connectivity index (χ0) is 20.7. The molecule has 0 radical (unpaired) electrons. The van der Waals surface area contributed by atoms with Crippen LogP contribution in [0, 0.1) is 5.92 Å². The van der Waals surface area contributed by atoms with Gasteiger partial charge in [0.15, 0.2) is 0 Å². The highest BCUT2D eigenvalue weighted by molar-refractivity contribution is 5.91. The molecular formula is C27H27N3. The van der Waals surface area contributed by atoms with Gasteiger partial charge in [-0.3, -0.25) is 4.99 Å². The van der Waals surface area contributed by atoms with Crippen LogP contribution in [0.4, 0.5) is 0 Å². The molecule has 2 atom stereocenters. The van der Waals surface area contributed by atoms with Gasteiger partial charge in [0.05, 0.1) is 0 Å². The average Bonchev–Trinajstić information content (AvgIpc) is 3.13. The maximum atomic E-state index is 5.22. The molecule has 0 saturated carbocycles. The van der Waals surface area contributed by atoms with Crippen molar-refractivity contribution in [3.05, 3.63) is 101 Å². The first-order valence-electron chi connectivity index (χ1n) is 10.6. The summed E-state index contributed by atoms with van der Waals surface area (Å²) >= 11 is 0. The fourth-order valence-electron chi connectivity index (χ4n) is 5.27. The third-order valence-electron chi connectivity index (χ3n) is 6.44. The SMILES string of the molecule is C=C1C=CC2=C(CC3C=C(C)CC2(N=C/C=C/c2c[nH]c4ccccc24)/C3=C/C)N1. The first-order valence-corrected chi connectivity index (χ1v) is 10.6. The molecule has 5 rings (SSSR count). The van der Waals surface area contributed by atoms with Crippen molar-refractivity contribution in [3.8, 4) is 0 Å². The predicted octanol–water partition coefficient (Wildman–Crippen LogP) is 6.23. The number of fused-ring (bicyclic) bond motifs is 4. The Labute approximate surface area is 178 Å². The fraction of sp³-hybridized carbons (Fsp3) is 0.222. The lowest BCUT2D eigenvalue weighted by molar-refractivity contribution is 0.453. The molecule has 30 heavy (non-hydrogen) atoms. The molecule has 2 aromatic rings. The first kappa shape index (κ1) is 18.7. The number of H-pyrrole nitrogens is 1. The van der Waals surface area contributed by atoms with Crippen LogP contribution in [0.25, 0.3) is 17.0 Å². The summed E-state index contributed by atoms with van der Waals surface area (Å²) in [7, 11) is 0. The lowest BCUT2D eigenvalue weighted by Gasteiger charge is -2.47. The number of aromatic amines is 1. The summed E-state index contributed by atoms with van der Waals surface area (Å²) in [5, 5.41) is 4.74. The molecule has 0 amide bonds. The Hall–Kier alpha value is -3.33. The Morgan fingerprint density at radius 2 is 2.10 bits per heavy atom. The van der Waals surface area contributed by atoms with Crippen molar-refractivity contribution < 1.29 is 0 Å². The van der Waals surface area contributed by atoms with Crippen LogP contribution in [0.2, 0.25) is 0 Å². The molecule has 2 aliphatic carbocycles. The van der Waals surface area contributed by atoms with Gasteiger partial charge in [0, 0.05) is 52.6 Å². The monoisotopic (exact) mass is 393 g/mol. The van der Waals surface area contributed by atoms with Gasteiger partial charge >= 0.3 is 0 Å². The first-order chi connectivity index (χ1) is 14.6. The van der Waals surface area contributed by atoms with Crippen LogP contribution in [0.15, 0.2) is 101 Å². The summed E-state index contributed by atoms with van der Waals surface area (Å²) in [5.74, 6) is 0.393. The molecule has 3 nitrogen and oxygen atoms in total. The van der Waals surface area contributed by atoms with Crippen molar-refractivity contribution in [1.29, 1.82) is 0 Å². The van der Waals surface area contributed by atoms with E-state index in [1.165, 1.54) is 33.4 Å². The van der Waals surface area contributed by atoms with E-state index in [-0.39, 0.29) is 5.54 Å². The fourth-order valence-corrected chi connectivity index (χ4v) is 5.27. The van der Waals surface area contributed by atoms with Crippen LogP contribution in [-0.4, -0.2) is 16.7 Å². The third kappa shape index (κ3) is 2.93. The number of allylic oxidation sites excluding steroid dienone is 5. The van der Waals surface area contributed by atoms with E-state index in [2.05, 4.69) is 97.6 Å². The highest BCUT2D eigenvalue weighted by Gasteiger charge is 2.47. The van der Waals surface area contributed by atoms with Gasteiger partial charge in [-0.2, -0.15) is 0 Å². The molecule has 2 heterocycles. The molecule has 3 aliphatic rings. The number of para-hydroxylation sites is 1. The van der Waals surface area contributed by atoms with Crippen LogP contribution in [0.3, 0.4) is 0 Å². The standard InChI is InChI=1S/C27H27N3/c1-4-23-21-14-18(2)16-27(23,24-12-11-19(3)30-26(24)15-21)29-13-7-8-20-17-28-25-10-6-5-9-22(20)25/h4-14,17,21,28,30H,3,15-16H2,1-2H3/b8-7+,23-4+,29-13?. The number of dihydropyridines is 1. The molecule has 2 unspecified atom stereocenters. The largest absolute Gasteiger partial charge is 0.361 e. The minimum Gasteiger partial charge on any atom is -0.361 e. The number of benzene rings is 1. The molecule has 1 aromatic heterocycles. The number of nitrogens with one attached hydrogen (secondary N) is 2. The number of aromatic nitrogens is 1. The number of aliphatic imine (C=N–C) groups is 1. The highest BCUT2D eigenvalue weighted by Crippen LogP contribution is 2.52. The van der Waals surface area contributed by atoms with E-state index in [4.69, 9.17) is 4.99 Å². The van der Waals surface area contributed by atoms with Crippen LogP contribution in [0.1, 0.15) is 32.3 Å². The van der Waals surface area contributed by atoms with Gasteiger partial charge in [-0.15, -0.1) is 0 Å². The Bertz CT molecular complexity index is 1210. The van der Waals surface area contributed by atoms with Crippen molar-refractivity contribution in [2.75, 3.05) is 0 Å². The smallest absolute Gasteiger partial charge is 0.112 e. The maximum Gasteiger partial charge on any atom is 0.112 e. The quantitative estimate of drug-likeness (QED) is 0.471. The van der Waals surface area contributed by atoms with E-state index in [1.807, 2.05) is 6.21 Å². The van der Waals surface area contributed by atoms with E-state index in [0.29, 0.717) is 5.92 Å². The topological polar surface area (TPSA) is 40.2 Å². The van der Waals surface area contributed by atoms with Gasteiger partial charge in [0.25, 0.3) is 0 Å². The summed E-state index contributed by atoms with van der Waals surface area (Å²) < 4.78 is 0. The molecule has 2 N–H and O–H groups in total. The Morgan fingerprint density at radius 3 is 2.97 bits per heavy atom. The lowest BCUT2D eigenvalue weighted by Crippen LogP contribution is -2.44. The van der Waals surface area contributed by atoms with Gasteiger partial charge < -0.3 is 10.3 Å². The molecule has 3 heteroatoms. The van der Waals surface area contributed by atoms with Gasteiger partial charge in [0.2, 0.25) is 0 Å². The number of rotatable bonds is 3. The van der Waals surface area contributed by atoms with E-state index in [1.54, 1.807) is 0 Å². The van der Waals surface area contributed by atoms with Crippen LogP contribution >= 0.6 is 0 Å². The molecule has 0 spiro atoms. The lowest BCUT2D eigenvalue weighted by atomic mass is 9.62. The van der Waals surface area contributed by atoms with Gasteiger partial charge in [0.1, 0.15) is 5.54 Å². The van der Waals surface area contributed by atoms with Gasteiger partial charge in [-0.1, -0.05) is 54.7 Å². The second-order valence-electron chi connectivity index (χ2n) is 8.41. The zero-order valence-electron chi connectivity index (χ0n) is 17.6. The second-order valence-corrected chi connectivity index (χ2v) is 8.41. The number of nitrogens with zero attached hydrogens (tertiary/aromatic N) is 1. The minimum atomic E-state index is -0.333. The summed E-state index contributed by atoms with van der Waals surface area (Å²) in [6.07, 6.45) is 19.1. The van der Waals surface area contributed by atoms with Crippen molar-refractivity contribution in [2.45, 2.75) is 32.2 Å². The normalized spacial score (nSPS) is 27.3. The average molecular weight is 394 g/mol. The molecular weight excluding hydrogens is 366 g/mol. The van der Waals surface area contributed by atoms with Crippen LogP contribution in [-0.2, 0) is 0 Å². The van der Waals surface area contributed by atoms with Crippen molar-refractivity contribution in [3.63, 3.8) is 0 Å². The summed E-state index contributed by atoms with van der Waals surface area (Å²) in [6, 6.07) is 8.36. The van der Waals surface area contributed by atoms with Crippen molar-refractivity contribution >= 4 is 23.2 Å². The third-order valence-corrected chi connectivity index (χ3v) is 6.44. The molecule has 0 fully saturated rings. The van der Waals surface area contributed by atoms with Gasteiger partial charge in [-0.05, 0) is 49.6 Å². The summed E-state index contributed by atoms with van der Waals surface area (Å²) in [5.41, 5.74) is 8.31. The number of hydrogen-bond acceptors (Lipinski definition) is 2. The summed E-state index contributed by atoms with van der Waals surface area (Å²) in [4.78, 5) is 8.55. The molecule has 1 aromatic carbocycles. The van der Waals surface area contributed by atoms with Crippen molar-refractivity contribution in [1.82, 2.24) is 10.3 Å². The van der Waals surface area contributed by atoms with Gasteiger partial charge in [-0.25, -0.2) is 0 Å². The maximum absolute atomic E-state index is 5.22. The molecule has 1 aliphatic heterocycles. The second kappa shape index (κ2) is 7.17. The predicted molar refractivity (Wildman–Crippen MR) is 127 cm³/mol. The Morgan fingerprint density at radius 1 is 1.23 bits per heavy atom. The minimum absolute atomic E-state index is 0.333. The molecule has 2 bridgehead atoms. The van der Waals surface area contributed by atoms with Crippen LogP contribution in [0.5, 0.6) is 0 Å². The van der Waals surface area contributed by atoms with E-state index in [0.717, 1.165) is 24.1 Å². The summed E-state index contributed by atoms with van der Waals surface area (Å²) in [6.45, 7) is 8.47. The Balaban J connectivity index is 1.54.